The van der Waals surface area contributed by atoms with Crippen molar-refractivity contribution in [1.82, 2.24) is 24.8 Å². The van der Waals surface area contributed by atoms with E-state index in [2.05, 4.69) is 15.4 Å². The molecule has 0 bridgehead atoms. The van der Waals surface area contributed by atoms with E-state index in [0.717, 1.165) is 0 Å². The number of hydrogen-bond donors (Lipinski definition) is 1. The maximum Gasteiger partial charge on any atom is 0.435 e. The lowest BCUT2D eigenvalue weighted by atomic mass is 10.1. The van der Waals surface area contributed by atoms with Gasteiger partial charge in [0.1, 0.15) is 17.1 Å². The molecular weight excluding hydrogens is 428 g/mol. The highest BCUT2D eigenvalue weighted by atomic mass is 19.4. The average Bonchev–Trinajstić information content (AvgIpc) is 3.35. The fraction of sp³-hybridized carbons (Fsp3) is 0.105. The molecule has 0 saturated carbocycles. The van der Waals surface area contributed by atoms with E-state index in [9.17, 15) is 31.4 Å². The van der Waals surface area contributed by atoms with Gasteiger partial charge in [0.25, 0.3) is 0 Å². The first-order valence-electron chi connectivity index (χ1n) is 8.59. The molecule has 0 fully saturated rings. The molecule has 0 atom stereocenters. The van der Waals surface area contributed by atoms with Gasteiger partial charge in [-0.1, -0.05) is 17.3 Å². The van der Waals surface area contributed by atoms with Gasteiger partial charge in [-0.2, -0.15) is 31.4 Å². The maximum absolute atomic E-state index is 13.2. The van der Waals surface area contributed by atoms with Crippen molar-refractivity contribution >= 4 is 0 Å². The van der Waals surface area contributed by atoms with Crippen LogP contribution in [0.5, 0.6) is 5.75 Å². The molecule has 6 nitrogen and oxygen atoms in total. The predicted molar refractivity (Wildman–Crippen MR) is 95.6 cm³/mol. The van der Waals surface area contributed by atoms with Crippen molar-refractivity contribution in [2.24, 2.45) is 0 Å². The van der Waals surface area contributed by atoms with E-state index in [1.165, 1.54) is 47.3 Å². The summed E-state index contributed by atoms with van der Waals surface area (Å²) in [5.74, 6) is 0.0364. The van der Waals surface area contributed by atoms with Crippen LogP contribution in [0.2, 0.25) is 0 Å². The van der Waals surface area contributed by atoms with E-state index in [1.54, 1.807) is 12.1 Å². The minimum absolute atomic E-state index is 0.0348. The van der Waals surface area contributed by atoms with Gasteiger partial charge < -0.3 is 5.11 Å². The summed E-state index contributed by atoms with van der Waals surface area (Å²) in [6.07, 6.45) is -8.52. The van der Waals surface area contributed by atoms with Gasteiger partial charge in [0.15, 0.2) is 5.69 Å². The Morgan fingerprint density at radius 1 is 0.806 bits per heavy atom. The quantitative estimate of drug-likeness (QED) is 0.463. The Bertz CT molecular complexity index is 1220. The van der Waals surface area contributed by atoms with Crippen molar-refractivity contribution in [2.75, 3.05) is 0 Å². The summed E-state index contributed by atoms with van der Waals surface area (Å²) in [6.45, 7) is 0. The van der Waals surface area contributed by atoms with Crippen LogP contribution in [0.25, 0.3) is 22.6 Å². The van der Waals surface area contributed by atoms with Gasteiger partial charge >= 0.3 is 12.4 Å². The fourth-order valence-corrected chi connectivity index (χ4v) is 2.85. The molecule has 2 aromatic carbocycles. The Kier molecular flexibility index (Phi) is 4.71. The Morgan fingerprint density at radius 3 is 2.10 bits per heavy atom. The van der Waals surface area contributed by atoms with Crippen LogP contribution in [0.1, 0.15) is 11.4 Å². The van der Waals surface area contributed by atoms with Crippen molar-refractivity contribution in [3.63, 3.8) is 0 Å². The first-order chi connectivity index (χ1) is 14.5. The Hall–Kier alpha value is -3.83. The van der Waals surface area contributed by atoms with Gasteiger partial charge in [-0.3, -0.25) is 0 Å². The van der Waals surface area contributed by atoms with Gasteiger partial charge in [-0.15, -0.1) is 5.10 Å². The number of nitrogens with zero attached hydrogens (tertiary/aromatic N) is 5. The zero-order chi connectivity index (χ0) is 22.4. The average molecular weight is 439 g/mol. The van der Waals surface area contributed by atoms with E-state index in [-0.39, 0.29) is 22.2 Å². The van der Waals surface area contributed by atoms with E-state index in [1.807, 2.05) is 0 Å². The highest BCUT2D eigenvalue weighted by Gasteiger charge is 2.42. The molecule has 0 radical (unpaired) electrons. The summed E-state index contributed by atoms with van der Waals surface area (Å²) in [7, 11) is 0. The van der Waals surface area contributed by atoms with Crippen LogP contribution in [0, 0.1) is 0 Å². The van der Waals surface area contributed by atoms with Crippen molar-refractivity contribution in [2.45, 2.75) is 12.4 Å². The van der Waals surface area contributed by atoms with Crippen molar-refractivity contribution in [1.29, 1.82) is 0 Å². The molecule has 0 spiro atoms. The number of aromatic hydroxyl groups is 1. The lowest BCUT2D eigenvalue weighted by Gasteiger charge is -2.10. The third kappa shape index (κ3) is 4.09. The lowest BCUT2D eigenvalue weighted by Crippen LogP contribution is -2.13. The van der Waals surface area contributed by atoms with E-state index in [0.29, 0.717) is 16.9 Å². The number of phenols is 1. The van der Waals surface area contributed by atoms with Crippen molar-refractivity contribution in [3.05, 3.63) is 72.2 Å². The molecule has 0 aliphatic carbocycles. The molecule has 160 valence electrons. The van der Waals surface area contributed by atoms with Crippen LogP contribution < -0.4 is 0 Å². The summed E-state index contributed by atoms with van der Waals surface area (Å²) in [4.78, 5) is 0. The topological polar surface area (TPSA) is 68.8 Å². The highest BCUT2D eigenvalue weighted by Crippen LogP contribution is 2.36. The second-order valence-electron chi connectivity index (χ2n) is 6.44. The summed E-state index contributed by atoms with van der Waals surface area (Å²) >= 11 is 0. The predicted octanol–water partition coefficient (Wildman–Crippen LogP) is 4.86. The fourth-order valence-electron chi connectivity index (χ4n) is 2.85. The second-order valence-corrected chi connectivity index (χ2v) is 6.44. The van der Waals surface area contributed by atoms with Crippen LogP contribution in [-0.4, -0.2) is 29.9 Å². The van der Waals surface area contributed by atoms with Crippen LogP contribution in [0.15, 0.2) is 60.8 Å². The molecule has 0 aliphatic rings. The molecule has 0 amide bonds. The van der Waals surface area contributed by atoms with Gasteiger partial charge in [-0.05, 0) is 36.4 Å². The summed E-state index contributed by atoms with van der Waals surface area (Å²) < 4.78 is 79.7. The molecule has 1 N–H and O–H groups in total. The van der Waals surface area contributed by atoms with E-state index < -0.39 is 23.7 Å². The number of alkyl halides is 6. The first-order valence-corrected chi connectivity index (χ1v) is 8.59. The maximum atomic E-state index is 13.2. The van der Waals surface area contributed by atoms with Crippen LogP contribution in [0.3, 0.4) is 0 Å². The number of phenolic OH excluding ortho intramolecular Hbond substituents is 1. The lowest BCUT2D eigenvalue weighted by molar-refractivity contribution is -0.143. The molecule has 2 heterocycles. The molecule has 4 rings (SSSR count). The molecular formula is C19H11F6N5O. The highest BCUT2D eigenvalue weighted by molar-refractivity contribution is 5.60. The van der Waals surface area contributed by atoms with Crippen LogP contribution >= 0.6 is 0 Å². The normalized spacial score (nSPS) is 12.3. The monoisotopic (exact) mass is 439 g/mol. The molecule has 0 aliphatic heterocycles. The molecule has 2 aromatic heterocycles. The number of benzene rings is 2. The summed E-state index contributed by atoms with van der Waals surface area (Å²) in [6, 6.07) is 11.4. The SMILES string of the molecule is Oc1cccc(-c2cn(-c3ccc(-n4nc(C(F)(F)F)cc4C(F)(F)F)cc3)nn2)c1. The molecule has 12 heteroatoms. The smallest absolute Gasteiger partial charge is 0.435 e. The van der Waals surface area contributed by atoms with Gasteiger partial charge in [0, 0.05) is 11.6 Å². The minimum atomic E-state index is -5.03. The molecule has 31 heavy (non-hydrogen) atoms. The van der Waals surface area contributed by atoms with Crippen molar-refractivity contribution in [3.8, 4) is 28.4 Å². The third-order valence-corrected chi connectivity index (χ3v) is 4.28. The molecule has 4 aromatic rings. The van der Waals surface area contributed by atoms with Crippen LogP contribution in [0.4, 0.5) is 26.3 Å². The summed E-state index contributed by atoms with van der Waals surface area (Å²) in [5.41, 5.74) is -1.97. The largest absolute Gasteiger partial charge is 0.508 e. The van der Waals surface area contributed by atoms with Crippen LogP contribution in [-0.2, 0) is 12.4 Å². The van der Waals surface area contributed by atoms with E-state index in [4.69, 9.17) is 0 Å². The third-order valence-electron chi connectivity index (χ3n) is 4.28. The minimum Gasteiger partial charge on any atom is -0.508 e. The van der Waals surface area contributed by atoms with Crippen molar-refractivity contribution < 1.29 is 31.4 Å². The standard InChI is InChI=1S/C19H11F6N5O/c20-18(21,22)16-9-17(19(23,24)25)30(27-16)13-6-4-12(5-7-13)29-10-15(26-28-29)11-2-1-3-14(31)8-11/h1-10,31H. The van der Waals surface area contributed by atoms with Gasteiger partial charge in [-0.25, -0.2) is 9.36 Å². The zero-order valence-corrected chi connectivity index (χ0v) is 15.2. The number of rotatable bonds is 3. The number of hydrogen-bond acceptors (Lipinski definition) is 4. The number of halogens is 6. The Labute approximate surface area is 170 Å². The zero-order valence-electron chi connectivity index (χ0n) is 15.2. The molecule has 0 saturated heterocycles. The Morgan fingerprint density at radius 2 is 1.48 bits per heavy atom. The second kappa shape index (κ2) is 7.15. The van der Waals surface area contributed by atoms with E-state index >= 15 is 0 Å². The molecule has 0 unspecified atom stereocenters. The Balaban J connectivity index is 1.68. The van der Waals surface area contributed by atoms with Gasteiger partial charge in [0.05, 0.1) is 17.6 Å². The number of aromatic nitrogens is 5. The first kappa shape index (κ1) is 20.4. The van der Waals surface area contributed by atoms with Gasteiger partial charge in [0.2, 0.25) is 0 Å². The summed E-state index contributed by atoms with van der Waals surface area (Å²) in [5, 5.41) is 20.5.